The Morgan fingerprint density at radius 1 is 0.978 bits per heavy atom. The normalized spacial score (nSPS) is 34.3. The van der Waals surface area contributed by atoms with Crippen molar-refractivity contribution in [1.82, 2.24) is 4.72 Å². The van der Waals surface area contributed by atoms with Gasteiger partial charge in [0.15, 0.2) is 5.60 Å². The number of hydrogen-bond acceptors (Lipinski definition) is 8. The molecule has 0 radical (unpaired) electrons. The van der Waals surface area contributed by atoms with Crippen molar-refractivity contribution in [2.45, 2.75) is 81.5 Å². The number of fused-ring (bicyclic) bond motifs is 5. The fraction of sp³-hybridized carbons (Fsp3) is 0.588. The van der Waals surface area contributed by atoms with Crippen molar-refractivity contribution < 1.29 is 32.2 Å². The van der Waals surface area contributed by atoms with E-state index in [2.05, 4.69) is 21.8 Å². The Morgan fingerprint density at radius 2 is 1.82 bits per heavy atom. The Bertz CT molecular complexity index is 1630. The van der Waals surface area contributed by atoms with Crippen molar-refractivity contribution in [3.8, 4) is 5.75 Å². The third-order valence-electron chi connectivity index (χ3n) is 11.4. The Kier molecular flexibility index (Phi) is 7.75. The number of nitrogens with one attached hydrogen (secondary N) is 1. The number of ether oxygens (including phenoxy) is 3. The molecule has 11 heteroatoms. The molecular weight excluding hydrogens is 616 g/mol. The standard InChI is InChI=1S/C34H41ClN2O7S/c1-21-5-3-14-34(20-43-32(39)44-34)28-10-7-25(28)17-37-18-33(13-4-6-23-15-26(35)9-11-27(23)33)19-42-30-12-8-24(16-29(30)37)31(38)36-45(40,41)22(21)2/h8-9,11-12,15-16,21-22,25,28H,3-7,10,13-14,17-20H2,1-2H3,(H,36,38)/t21-,22+,25-,28+,33-,34-/m0/s1. The van der Waals surface area contributed by atoms with Gasteiger partial charge in [-0.2, -0.15) is 0 Å². The first-order valence-electron chi connectivity index (χ1n) is 16.2. The van der Waals surface area contributed by atoms with Gasteiger partial charge >= 0.3 is 6.16 Å². The summed E-state index contributed by atoms with van der Waals surface area (Å²) >= 11 is 6.42. The van der Waals surface area contributed by atoms with Gasteiger partial charge in [-0.25, -0.2) is 17.9 Å². The maximum atomic E-state index is 13.4. The highest BCUT2D eigenvalue weighted by Gasteiger charge is 2.55. The number of halogens is 1. The molecule has 6 atom stereocenters. The van der Waals surface area contributed by atoms with E-state index in [1.165, 1.54) is 11.1 Å². The summed E-state index contributed by atoms with van der Waals surface area (Å²) in [6, 6.07) is 11.3. The summed E-state index contributed by atoms with van der Waals surface area (Å²) in [5.74, 6) is 0.155. The second-order valence-electron chi connectivity index (χ2n) is 14.0. The van der Waals surface area contributed by atoms with E-state index < -0.39 is 32.9 Å². The van der Waals surface area contributed by atoms with Gasteiger partial charge in [-0.3, -0.25) is 4.79 Å². The second-order valence-corrected chi connectivity index (χ2v) is 16.5. The van der Waals surface area contributed by atoms with Gasteiger partial charge in [-0.05, 0) is 112 Å². The van der Waals surface area contributed by atoms with Crippen LogP contribution in [0, 0.1) is 17.8 Å². The Hall–Kier alpha value is -2.98. The van der Waals surface area contributed by atoms with E-state index in [4.69, 9.17) is 25.8 Å². The van der Waals surface area contributed by atoms with Crippen LogP contribution in [0.3, 0.4) is 0 Å². The van der Waals surface area contributed by atoms with Crippen molar-refractivity contribution in [3.63, 3.8) is 0 Å². The number of benzene rings is 2. The van der Waals surface area contributed by atoms with Crippen LogP contribution in [-0.4, -0.2) is 57.6 Å². The Morgan fingerprint density at radius 3 is 2.58 bits per heavy atom. The number of hydrogen-bond donors (Lipinski definition) is 1. The summed E-state index contributed by atoms with van der Waals surface area (Å²) in [7, 11) is -3.95. The molecule has 5 aliphatic rings. The number of carbonyl (C=O) groups is 2. The topological polar surface area (TPSA) is 111 Å². The van der Waals surface area contributed by atoms with E-state index in [0.29, 0.717) is 44.7 Å². The number of amides is 1. The van der Waals surface area contributed by atoms with Crippen molar-refractivity contribution in [2.75, 3.05) is 31.2 Å². The summed E-state index contributed by atoms with van der Waals surface area (Å²) in [6.45, 7) is 5.57. The fourth-order valence-electron chi connectivity index (χ4n) is 8.46. The highest BCUT2D eigenvalue weighted by atomic mass is 35.5. The number of rotatable bonds is 0. The molecular formula is C34H41ClN2O7S. The minimum Gasteiger partial charge on any atom is -0.490 e. The van der Waals surface area contributed by atoms with Gasteiger partial charge in [-0.1, -0.05) is 24.6 Å². The summed E-state index contributed by atoms with van der Waals surface area (Å²) in [4.78, 5) is 28.1. The number of nitrogens with zero attached hydrogens (tertiary/aromatic N) is 1. The first kappa shape index (κ1) is 30.7. The van der Waals surface area contributed by atoms with Gasteiger partial charge < -0.3 is 19.1 Å². The van der Waals surface area contributed by atoms with E-state index in [9.17, 15) is 18.0 Å². The van der Waals surface area contributed by atoms with E-state index in [1.807, 2.05) is 13.0 Å². The first-order chi connectivity index (χ1) is 21.5. The summed E-state index contributed by atoms with van der Waals surface area (Å²) in [5, 5.41) is -0.0663. The lowest BCUT2D eigenvalue weighted by Gasteiger charge is -2.49. The molecule has 1 amide bonds. The van der Waals surface area contributed by atoms with Gasteiger partial charge in [0, 0.05) is 35.0 Å². The third kappa shape index (κ3) is 5.45. The summed E-state index contributed by atoms with van der Waals surface area (Å²) in [6.07, 6.45) is 6.08. The van der Waals surface area contributed by atoms with E-state index in [1.54, 1.807) is 25.1 Å². The van der Waals surface area contributed by atoms with Gasteiger partial charge in [0.2, 0.25) is 10.0 Å². The Labute approximate surface area is 270 Å². The summed E-state index contributed by atoms with van der Waals surface area (Å²) in [5.41, 5.74) is 2.49. The molecule has 1 saturated heterocycles. The van der Waals surface area contributed by atoms with Crippen LogP contribution in [0.1, 0.15) is 80.3 Å². The highest BCUT2D eigenvalue weighted by molar-refractivity contribution is 7.90. The van der Waals surface area contributed by atoms with Crippen LogP contribution >= 0.6 is 11.6 Å². The average molecular weight is 657 g/mol. The predicted octanol–water partition coefficient (Wildman–Crippen LogP) is 6.01. The number of aryl methyl sites for hydroxylation is 1. The van der Waals surface area contributed by atoms with E-state index in [-0.39, 0.29) is 35.3 Å². The molecule has 2 fully saturated rings. The fourth-order valence-corrected chi connectivity index (χ4v) is 9.97. The quantitative estimate of drug-likeness (QED) is 0.343. The van der Waals surface area contributed by atoms with Crippen LogP contribution in [-0.2, 0) is 31.3 Å². The predicted molar refractivity (Wildman–Crippen MR) is 170 cm³/mol. The van der Waals surface area contributed by atoms with E-state index in [0.717, 1.165) is 42.8 Å². The SMILES string of the molecule is C[C@@H]1[C@@H](C)CCC[C@]2(COC(=O)O2)[C@@H]2CC[C@H]2CN2C[C@@]3(CCCc4cc(Cl)ccc43)COc3ccc(cc32)C(=O)NS1(=O)=O. The maximum Gasteiger partial charge on any atom is 0.509 e. The number of sulfonamides is 1. The number of cyclic esters (lactones) is 1. The molecule has 1 N–H and O–H groups in total. The molecule has 242 valence electrons. The molecule has 0 unspecified atom stereocenters. The third-order valence-corrected chi connectivity index (χ3v) is 13.5. The van der Waals surface area contributed by atoms with Crippen LogP contribution in [0.2, 0.25) is 5.02 Å². The molecule has 7 rings (SSSR count). The van der Waals surface area contributed by atoms with Crippen molar-refractivity contribution in [1.29, 1.82) is 0 Å². The minimum absolute atomic E-state index is 0.112. The zero-order valence-corrected chi connectivity index (χ0v) is 27.4. The summed E-state index contributed by atoms with van der Waals surface area (Å²) < 4.78 is 47.0. The average Bonchev–Trinajstić information content (AvgIpc) is 3.28. The zero-order valence-electron chi connectivity index (χ0n) is 25.8. The molecule has 3 heterocycles. The van der Waals surface area contributed by atoms with Crippen LogP contribution in [0.4, 0.5) is 10.5 Å². The van der Waals surface area contributed by atoms with Crippen LogP contribution in [0.25, 0.3) is 0 Å². The van der Waals surface area contributed by atoms with Crippen LogP contribution < -0.4 is 14.4 Å². The lowest BCUT2D eigenvalue weighted by molar-refractivity contribution is -0.0664. The van der Waals surface area contributed by atoms with Crippen molar-refractivity contribution in [2.24, 2.45) is 17.8 Å². The highest BCUT2D eigenvalue weighted by Crippen LogP contribution is 2.51. The Balaban J connectivity index is 1.31. The molecule has 0 aromatic heterocycles. The first-order valence-corrected chi connectivity index (χ1v) is 18.1. The molecule has 2 aliphatic carbocycles. The lowest BCUT2D eigenvalue weighted by atomic mass is 9.63. The second kappa shape index (κ2) is 11.4. The monoisotopic (exact) mass is 656 g/mol. The molecule has 2 aromatic carbocycles. The van der Waals surface area contributed by atoms with Gasteiger partial charge in [-0.15, -0.1) is 0 Å². The van der Waals surface area contributed by atoms with Crippen molar-refractivity contribution >= 4 is 39.4 Å². The molecule has 2 aromatic rings. The van der Waals surface area contributed by atoms with Crippen LogP contribution in [0.5, 0.6) is 5.75 Å². The zero-order chi connectivity index (χ0) is 31.6. The van der Waals surface area contributed by atoms with Gasteiger partial charge in [0.25, 0.3) is 5.91 Å². The van der Waals surface area contributed by atoms with Crippen LogP contribution in [0.15, 0.2) is 36.4 Å². The van der Waals surface area contributed by atoms with Gasteiger partial charge in [0.1, 0.15) is 12.4 Å². The number of carbonyl (C=O) groups excluding carboxylic acids is 2. The molecule has 2 bridgehead atoms. The maximum absolute atomic E-state index is 13.4. The molecule has 9 nitrogen and oxygen atoms in total. The number of anilines is 1. The van der Waals surface area contributed by atoms with Crippen molar-refractivity contribution in [3.05, 3.63) is 58.1 Å². The van der Waals surface area contributed by atoms with E-state index >= 15 is 0 Å². The smallest absolute Gasteiger partial charge is 0.490 e. The largest absolute Gasteiger partial charge is 0.509 e. The van der Waals surface area contributed by atoms with Gasteiger partial charge in [0.05, 0.1) is 17.5 Å². The lowest BCUT2D eigenvalue weighted by Crippen LogP contribution is -2.54. The molecule has 1 saturated carbocycles. The molecule has 2 spiro atoms. The molecule has 3 aliphatic heterocycles. The minimum atomic E-state index is -3.95. The molecule has 45 heavy (non-hydrogen) atoms.